The van der Waals surface area contributed by atoms with Crippen LogP contribution in [0.5, 0.6) is 0 Å². The van der Waals surface area contributed by atoms with Crippen LogP contribution in [0, 0.1) is 47.9 Å². The SMILES string of the molecule is CNc1nc(CC2C3CCC2CN(c2nnc(C)o2)C3)nc2c1C(C)(C)CN2c1ccc(F)c(F)c1.CNc1nc(Cl)nc2c1C(C)(C)CN2c1ccc(F)c(F)c1. The molecule has 2 atom stereocenters. The molecule has 1 saturated carbocycles. The second-order valence-corrected chi connectivity index (χ2v) is 17.2. The van der Waals surface area contributed by atoms with Crippen LogP contribution in [0.25, 0.3) is 0 Å². The minimum absolute atomic E-state index is 0.105. The van der Waals surface area contributed by atoms with Crippen LogP contribution in [-0.4, -0.2) is 70.4 Å². The Morgan fingerprint density at radius 2 is 1.24 bits per heavy atom. The lowest BCUT2D eigenvalue weighted by molar-refractivity contribution is 0.258. The van der Waals surface area contributed by atoms with Crippen LogP contribution in [0.2, 0.25) is 5.28 Å². The number of fused-ring (bicyclic) bond motifs is 4. The van der Waals surface area contributed by atoms with Gasteiger partial charge in [0.25, 0.3) is 0 Å². The zero-order valence-corrected chi connectivity index (χ0v) is 34.2. The van der Waals surface area contributed by atoms with E-state index in [2.05, 4.69) is 49.5 Å². The van der Waals surface area contributed by atoms with Gasteiger partial charge in [-0.3, -0.25) is 0 Å². The van der Waals surface area contributed by atoms with E-state index in [1.165, 1.54) is 18.2 Å². The number of aryl methyl sites for hydroxylation is 1. The standard InChI is InChI=1S/C26H31F2N7O.C15H15ClF2N4/c1-14-32-33-25(36-14)34-11-15-5-6-16(12-34)18(15)10-21-30-23(29-4)22-24(31-21)35(13-26(22,2)3)17-7-8-19(27)20(28)9-17;1-15(2)7-22(8-4-5-9(17)10(18)6-8)13-11(15)12(19-3)20-14(16)21-13/h7-9,15-16,18H,5-6,10-13H2,1-4H3,(H,29,30,31);4-6H,7H2,1-3H3,(H,19,20,21). The zero-order chi connectivity index (χ0) is 41.3. The van der Waals surface area contributed by atoms with Crippen LogP contribution >= 0.6 is 11.6 Å². The maximum Gasteiger partial charge on any atom is 0.318 e. The van der Waals surface area contributed by atoms with E-state index >= 15 is 0 Å². The van der Waals surface area contributed by atoms with E-state index in [1.807, 2.05) is 37.6 Å². The molecule has 17 heteroatoms. The molecular weight excluding hydrogens is 774 g/mol. The van der Waals surface area contributed by atoms with Crippen LogP contribution in [0.15, 0.2) is 40.8 Å². The zero-order valence-electron chi connectivity index (χ0n) is 33.5. The number of benzene rings is 2. The topological polar surface area (TPSA) is 124 Å². The van der Waals surface area contributed by atoms with Crippen LogP contribution in [0.4, 0.5) is 58.2 Å². The monoisotopic (exact) mass is 819 g/mol. The summed E-state index contributed by atoms with van der Waals surface area (Å²) in [5.41, 5.74) is 2.51. The quantitative estimate of drug-likeness (QED) is 0.121. The number of piperidine rings is 1. The maximum absolute atomic E-state index is 14.1. The highest BCUT2D eigenvalue weighted by Gasteiger charge is 2.45. The van der Waals surface area contributed by atoms with Crippen molar-refractivity contribution < 1.29 is 22.0 Å². The molecule has 2 N–H and O–H groups in total. The molecule has 0 radical (unpaired) electrons. The molecule has 1 saturated heterocycles. The van der Waals surface area contributed by atoms with Gasteiger partial charge in [0.1, 0.15) is 29.1 Å². The Morgan fingerprint density at radius 1 is 0.724 bits per heavy atom. The van der Waals surface area contributed by atoms with Gasteiger partial charge in [0, 0.05) is 99.1 Å². The minimum Gasteiger partial charge on any atom is -0.408 e. The molecule has 1 aliphatic carbocycles. The van der Waals surface area contributed by atoms with Crippen molar-refractivity contribution in [2.24, 2.45) is 17.8 Å². The molecule has 2 fully saturated rings. The molecule has 9 rings (SSSR count). The molecule has 3 aromatic heterocycles. The Morgan fingerprint density at radius 3 is 1.72 bits per heavy atom. The predicted molar refractivity (Wildman–Crippen MR) is 216 cm³/mol. The molecule has 3 aliphatic heterocycles. The van der Waals surface area contributed by atoms with Crippen LogP contribution in [0.3, 0.4) is 0 Å². The Labute approximate surface area is 339 Å². The highest BCUT2D eigenvalue weighted by molar-refractivity contribution is 6.28. The Kier molecular flexibility index (Phi) is 10.1. The smallest absolute Gasteiger partial charge is 0.318 e. The highest BCUT2D eigenvalue weighted by atomic mass is 35.5. The van der Waals surface area contributed by atoms with Gasteiger partial charge in [0.2, 0.25) is 11.2 Å². The third-order valence-corrected chi connectivity index (χ3v) is 12.1. The molecule has 58 heavy (non-hydrogen) atoms. The molecule has 2 bridgehead atoms. The summed E-state index contributed by atoms with van der Waals surface area (Å²) in [4.78, 5) is 24.5. The summed E-state index contributed by atoms with van der Waals surface area (Å²) in [7, 11) is 3.63. The number of halogens is 5. The second-order valence-electron chi connectivity index (χ2n) is 16.8. The fraction of sp³-hybridized carbons (Fsp3) is 0.463. The fourth-order valence-electron chi connectivity index (χ4n) is 9.29. The summed E-state index contributed by atoms with van der Waals surface area (Å²) in [6, 6.07) is 8.44. The van der Waals surface area contributed by atoms with E-state index in [9.17, 15) is 17.6 Å². The molecule has 306 valence electrons. The lowest BCUT2D eigenvalue weighted by atomic mass is 9.82. The molecule has 0 amide bonds. The first-order chi connectivity index (χ1) is 27.6. The molecular formula is C41H46ClF4N11O. The third kappa shape index (κ3) is 7.13. The lowest BCUT2D eigenvalue weighted by Gasteiger charge is -2.37. The number of hydrogen-bond acceptors (Lipinski definition) is 12. The van der Waals surface area contributed by atoms with Gasteiger partial charge in [0.15, 0.2) is 23.3 Å². The molecule has 0 spiro atoms. The number of aromatic nitrogens is 6. The van der Waals surface area contributed by atoms with E-state index in [0.717, 1.165) is 73.1 Å². The molecule has 2 aromatic carbocycles. The first-order valence-electron chi connectivity index (χ1n) is 19.4. The van der Waals surface area contributed by atoms with Crippen LogP contribution in [0.1, 0.15) is 63.4 Å². The number of rotatable bonds is 7. The van der Waals surface area contributed by atoms with Gasteiger partial charge < -0.3 is 29.8 Å². The van der Waals surface area contributed by atoms with Gasteiger partial charge in [-0.15, -0.1) is 5.10 Å². The summed E-state index contributed by atoms with van der Waals surface area (Å²) >= 11 is 5.99. The number of hydrogen-bond donors (Lipinski definition) is 2. The second kappa shape index (κ2) is 14.8. The fourth-order valence-corrected chi connectivity index (χ4v) is 9.45. The van der Waals surface area contributed by atoms with Crippen molar-refractivity contribution in [1.29, 1.82) is 0 Å². The van der Waals surface area contributed by atoms with Crippen molar-refractivity contribution in [2.45, 2.75) is 64.7 Å². The normalized spacial score (nSPS) is 21.1. The Hall–Kier alpha value is -5.25. The molecule has 4 aliphatic rings. The van der Waals surface area contributed by atoms with Gasteiger partial charge in [0.05, 0.1) is 0 Å². The Bertz CT molecular complexity index is 2360. The van der Waals surface area contributed by atoms with Gasteiger partial charge >= 0.3 is 6.01 Å². The number of nitrogens with zero attached hydrogens (tertiary/aromatic N) is 9. The highest BCUT2D eigenvalue weighted by Crippen LogP contribution is 2.49. The average molecular weight is 820 g/mol. The maximum atomic E-state index is 14.1. The molecule has 6 heterocycles. The van der Waals surface area contributed by atoms with Crippen molar-refractivity contribution in [3.05, 3.63) is 87.8 Å². The van der Waals surface area contributed by atoms with E-state index in [4.69, 9.17) is 26.0 Å². The minimum atomic E-state index is -0.891. The van der Waals surface area contributed by atoms with Gasteiger partial charge in [-0.05, 0) is 66.5 Å². The third-order valence-electron chi connectivity index (χ3n) is 11.9. The van der Waals surface area contributed by atoms with Crippen molar-refractivity contribution in [1.82, 2.24) is 30.1 Å². The molecule has 2 unspecified atom stereocenters. The first kappa shape index (κ1) is 39.6. The number of anilines is 7. The van der Waals surface area contributed by atoms with E-state index in [-0.39, 0.29) is 16.1 Å². The largest absolute Gasteiger partial charge is 0.408 e. The van der Waals surface area contributed by atoms with E-state index in [0.29, 0.717) is 65.8 Å². The predicted octanol–water partition coefficient (Wildman–Crippen LogP) is 8.50. The molecule has 5 aromatic rings. The number of nitrogens with one attached hydrogen (secondary N) is 2. The van der Waals surface area contributed by atoms with Crippen molar-refractivity contribution >= 4 is 52.3 Å². The van der Waals surface area contributed by atoms with Crippen LogP contribution < -0.4 is 25.3 Å². The van der Waals surface area contributed by atoms with Crippen molar-refractivity contribution in [3.63, 3.8) is 0 Å². The summed E-state index contributed by atoms with van der Waals surface area (Å²) in [5, 5.41) is 14.6. The van der Waals surface area contributed by atoms with Gasteiger partial charge in [-0.25, -0.2) is 32.5 Å². The molecule has 12 nitrogen and oxygen atoms in total. The van der Waals surface area contributed by atoms with Crippen LogP contribution in [-0.2, 0) is 17.3 Å². The summed E-state index contributed by atoms with van der Waals surface area (Å²) in [6.07, 6.45) is 3.10. The summed E-state index contributed by atoms with van der Waals surface area (Å²) < 4.78 is 60.2. The van der Waals surface area contributed by atoms with Crippen molar-refractivity contribution in [2.75, 3.05) is 65.6 Å². The van der Waals surface area contributed by atoms with E-state index < -0.39 is 23.3 Å². The average Bonchev–Trinajstić information content (AvgIpc) is 3.88. The first-order valence-corrected chi connectivity index (χ1v) is 19.8. The van der Waals surface area contributed by atoms with Gasteiger partial charge in [-0.2, -0.15) is 4.98 Å². The summed E-state index contributed by atoms with van der Waals surface area (Å²) in [6.45, 7) is 13.1. The van der Waals surface area contributed by atoms with E-state index in [1.54, 1.807) is 13.1 Å². The Balaban J connectivity index is 0.000000183. The van der Waals surface area contributed by atoms with Gasteiger partial charge in [-0.1, -0.05) is 32.8 Å². The lowest BCUT2D eigenvalue weighted by Crippen LogP contribution is -2.43. The summed E-state index contributed by atoms with van der Waals surface area (Å²) in [5.74, 6) is 2.20. The van der Waals surface area contributed by atoms with Crippen molar-refractivity contribution in [3.8, 4) is 0 Å².